The number of hydrogen-bond acceptors (Lipinski definition) is 0. The van der Waals surface area contributed by atoms with E-state index in [-0.39, 0.29) is 0 Å². The van der Waals surface area contributed by atoms with Gasteiger partial charge in [0, 0.05) is 21.5 Å². The lowest BCUT2D eigenvalue weighted by Crippen LogP contribution is -1.92. The summed E-state index contributed by atoms with van der Waals surface area (Å²) in [5.74, 6) is 0. The molecule has 2 heterocycles. The molecular weight excluding hydrogens is 639 g/mol. The summed E-state index contributed by atoms with van der Waals surface area (Å²) < 4.78 is 2.58. The third-order valence-electron chi connectivity index (χ3n) is 11.6. The molecule has 0 N–H and O–H groups in total. The molecule has 248 valence electrons. The normalized spacial score (nSPS) is 12.0. The second-order valence-electron chi connectivity index (χ2n) is 14.6. The predicted octanol–water partition coefficient (Wildman–Crippen LogP) is 14.4. The zero-order valence-electron chi connectivity index (χ0n) is 29.7. The molecule has 0 aliphatic rings. The van der Waals surface area contributed by atoms with Gasteiger partial charge in [0.1, 0.15) is 0 Å². The van der Waals surface area contributed by atoms with Crippen molar-refractivity contribution in [2.45, 2.75) is 13.8 Å². The molecular formula is C52H35N. The molecule has 0 atom stereocenters. The van der Waals surface area contributed by atoms with Gasteiger partial charge in [-0.2, -0.15) is 0 Å². The first-order valence-corrected chi connectivity index (χ1v) is 18.5. The Morgan fingerprint density at radius 1 is 0.340 bits per heavy atom. The van der Waals surface area contributed by atoms with Crippen LogP contribution in [0.1, 0.15) is 11.1 Å². The zero-order chi connectivity index (χ0) is 35.2. The number of para-hydroxylation sites is 1. The smallest absolute Gasteiger partial charge is 0.0620 e. The standard InChI is InChI=1S/C52H35N/c1-32-24-26-36(34-14-5-3-6-15-34)28-44(32)48-40-20-11-9-18-38(40)30-46-50(48)42-22-13-23-43-51-47(53(46)52(42)43)31-39-19-10-12-21-41(39)49(51)45-29-37(27-25-33(45)2)35-16-7-4-8-17-35/h3-31H,1-2H3. The maximum Gasteiger partial charge on any atom is 0.0620 e. The fourth-order valence-corrected chi connectivity index (χ4v) is 9.08. The number of benzene rings is 9. The summed E-state index contributed by atoms with van der Waals surface area (Å²) in [4.78, 5) is 0. The summed E-state index contributed by atoms with van der Waals surface area (Å²) in [6, 6.07) is 65.1. The van der Waals surface area contributed by atoms with Crippen LogP contribution in [-0.4, -0.2) is 4.40 Å². The monoisotopic (exact) mass is 673 g/mol. The molecule has 53 heavy (non-hydrogen) atoms. The summed E-state index contributed by atoms with van der Waals surface area (Å²) in [5.41, 5.74) is 16.5. The van der Waals surface area contributed by atoms with E-state index in [0.29, 0.717) is 0 Å². The van der Waals surface area contributed by atoms with Gasteiger partial charge in [0.05, 0.1) is 16.6 Å². The highest BCUT2D eigenvalue weighted by Gasteiger charge is 2.25. The van der Waals surface area contributed by atoms with Crippen LogP contribution in [0.5, 0.6) is 0 Å². The van der Waals surface area contributed by atoms with Crippen molar-refractivity contribution in [2.24, 2.45) is 0 Å². The third-order valence-corrected chi connectivity index (χ3v) is 11.6. The van der Waals surface area contributed by atoms with Gasteiger partial charge >= 0.3 is 0 Å². The van der Waals surface area contributed by atoms with Gasteiger partial charge in [0.25, 0.3) is 0 Å². The molecule has 9 aromatic carbocycles. The summed E-state index contributed by atoms with van der Waals surface area (Å²) >= 11 is 0. The largest absolute Gasteiger partial charge is 0.308 e. The van der Waals surface area contributed by atoms with E-state index >= 15 is 0 Å². The number of rotatable bonds is 4. The average molecular weight is 674 g/mol. The van der Waals surface area contributed by atoms with E-state index in [9.17, 15) is 0 Å². The maximum absolute atomic E-state index is 2.58. The van der Waals surface area contributed by atoms with Crippen LogP contribution in [0.4, 0.5) is 0 Å². The lowest BCUT2D eigenvalue weighted by Gasteiger charge is -2.16. The third kappa shape index (κ3) is 4.38. The molecule has 0 aliphatic heterocycles. The minimum atomic E-state index is 1.23. The highest BCUT2D eigenvalue weighted by atomic mass is 14.9. The number of fused-ring (bicyclic) bond motifs is 8. The van der Waals surface area contributed by atoms with Crippen LogP contribution in [-0.2, 0) is 0 Å². The lowest BCUT2D eigenvalue weighted by atomic mass is 9.87. The Hall–Kier alpha value is -6.70. The number of aromatic nitrogens is 1. The summed E-state index contributed by atoms with van der Waals surface area (Å²) in [6.45, 7) is 4.52. The summed E-state index contributed by atoms with van der Waals surface area (Å²) in [7, 11) is 0. The summed E-state index contributed by atoms with van der Waals surface area (Å²) in [6.07, 6.45) is 0. The number of nitrogens with zero attached hydrogens (tertiary/aromatic N) is 1. The Morgan fingerprint density at radius 3 is 1.23 bits per heavy atom. The van der Waals surface area contributed by atoms with Crippen molar-refractivity contribution in [3.05, 3.63) is 187 Å². The molecule has 0 unspecified atom stereocenters. The predicted molar refractivity (Wildman–Crippen MR) is 227 cm³/mol. The molecule has 0 bridgehead atoms. The quantitative estimate of drug-likeness (QED) is 0.175. The Balaban J connectivity index is 1.30. The average Bonchev–Trinajstić information content (AvgIpc) is 3.72. The van der Waals surface area contributed by atoms with E-state index in [1.807, 2.05) is 0 Å². The molecule has 2 aromatic heterocycles. The van der Waals surface area contributed by atoms with Gasteiger partial charge in [0.2, 0.25) is 0 Å². The van der Waals surface area contributed by atoms with Crippen molar-refractivity contribution in [3.63, 3.8) is 0 Å². The molecule has 0 radical (unpaired) electrons. The lowest BCUT2D eigenvalue weighted by molar-refractivity contribution is 1.38. The van der Waals surface area contributed by atoms with Gasteiger partial charge in [-0.15, -0.1) is 0 Å². The Kier molecular flexibility index (Phi) is 6.45. The van der Waals surface area contributed by atoms with Crippen LogP contribution in [0.15, 0.2) is 176 Å². The van der Waals surface area contributed by atoms with Gasteiger partial charge in [-0.05, 0) is 115 Å². The van der Waals surface area contributed by atoms with Gasteiger partial charge in [-0.3, -0.25) is 0 Å². The van der Waals surface area contributed by atoms with Gasteiger partial charge in [-0.25, -0.2) is 0 Å². The van der Waals surface area contributed by atoms with Crippen molar-refractivity contribution in [3.8, 4) is 44.5 Å². The molecule has 0 saturated heterocycles. The van der Waals surface area contributed by atoms with Crippen LogP contribution in [0.2, 0.25) is 0 Å². The number of aryl methyl sites for hydroxylation is 2. The molecule has 11 aromatic rings. The van der Waals surface area contributed by atoms with Crippen molar-refractivity contribution < 1.29 is 0 Å². The maximum atomic E-state index is 2.58. The van der Waals surface area contributed by atoms with Crippen LogP contribution in [0.25, 0.3) is 104 Å². The summed E-state index contributed by atoms with van der Waals surface area (Å²) in [5, 5.41) is 10.3. The van der Waals surface area contributed by atoms with E-state index in [4.69, 9.17) is 0 Å². The van der Waals surface area contributed by atoms with Crippen molar-refractivity contribution in [1.29, 1.82) is 0 Å². The molecule has 1 nitrogen and oxygen atoms in total. The Bertz CT molecular complexity index is 3010. The topological polar surface area (TPSA) is 4.41 Å². The van der Waals surface area contributed by atoms with E-state index in [1.165, 1.54) is 115 Å². The molecule has 0 saturated carbocycles. The zero-order valence-corrected chi connectivity index (χ0v) is 29.7. The van der Waals surface area contributed by atoms with E-state index < -0.39 is 0 Å². The first-order chi connectivity index (χ1) is 26.1. The SMILES string of the molecule is Cc1ccc(-c2ccccc2)cc1-c1c2ccccc2cc2c1c1cccc3c4c(-c5cc(-c6ccccc6)ccc5C)c5ccccc5cc4n2c13. The van der Waals surface area contributed by atoms with E-state index in [2.05, 4.69) is 194 Å². The van der Waals surface area contributed by atoms with Crippen LogP contribution in [0, 0.1) is 13.8 Å². The van der Waals surface area contributed by atoms with Crippen molar-refractivity contribution >= 4 is 59.6 Å². The van der Waals surface area contributed by atoms with Crippen molar-refractivity contribution in [2.75, 3.05) is 0 Å². The molecule has 11 rings (SSSR count). The van der Waals surface area contributed by atoms with Gasteiger partial charge in [-0.1, -0.05) is 152 Å². The highest BCUT2D eigenvalue weighted by Crippen LogP contribution is 2.50. The highest BCUT2D eigenvalue weighted by molar-refractivity contribution is 6.32. The molecule has 0 fully saturated rings. The minimum absolute atomic E-state index is 1.23. The number of hydrogen-bond donors (Lipinski definition) is 0. The Morgan fingerprint density at radius 2 is 0.755 bits per heavy atom. The van der Waals surface area contributed by atoms with Gasteiger partial charge in [0.15, 0.2) is 0 Å². The fraction of sp³-hybridized carbons (Fsp3) is 0.0385. The van der Waals surface area contributed by atoms with E-state index in [1.54, 1.807) is 0 Å². The minimum Gasteiger partial charge on any atom is -0.308 e. The van der Waals surface area contributed by atoms with Gasteiger partial charge < -0.3 is 4.40 Å². The van der Waals surface area contributed by atoms with Crippen molar-refractivity contribution in [1.82, 2.24) is 4.40 Å². The first-order valence-electron chi connectivity index (χ1n) is 18.5. The fourth-order valence-electron chi connectivity index (χ4n) is 9.08. The Labute approximate surface area is 308 Å². The molecule has 0 spiro atoms. The second-order valence-corrected chi connectivity index (χ2v) is 14.6. The van der Waals surface area contributed by atoms with E-state index in [0.717, 1.165) is 0 Å². The van der Waals surface area contributed by atoms with Crippen LogP contribution in [0.3, 0.4) is 0 Å². The molecule has 0 aliphatic carbocycles. The first kappa shape index (κ1) is 30.0. The van der Waals surface area contributed by atoms with Crippen LogP contribution < -0.4 is 0 Å². The second kappa shape index (κ2) is 11.4. The van der Waals surface area contributed by atoms with Crippen LogP contribution >= 0.6 is 0 Å². The molecule has 1 heteroatoms. The molecule has 0 amide bonds.